The summed E-state index contributed by atoms with van der Waals surface area (Å²) in [5, 5.41) is 0. The van der Waals surface area contributed by atoms with Crippen molar-refractivity contribution in [3.63, 3.8) is 0 Å². The summed E-state index contributed by atoms with van der Waals surface area (Å²) in [6.45, 7) is 11.8. The van der Waals surface area contributed by atoms with Gasteiger partial charge in [0.2, 0.25) is 0 Å². The van der Waals surface area contributed by atoms with Crippen molar-refractivity contribution in [3.05, 3.63) is 0 Å². The van der Waals surface area contributed by atoms with Crippen LogP contribution in [0, 0.1) is 5.92 Å². The lowest BCUT2D eigenvalue weighted by Gasteiger charge is -2.28. The maximum absolute atomic E-state index is 12.2. The van der Waals surface area contributed by atoms with Crippen LogP contribution in [0.1, 0.15) is 41.0 Å². The molecule has 0 saturated carbocycles. The van der Waals surface area contributed by atoms with E-state index in [4.69, 9.17) is 4.74 Å². The monoisotopic (exact) mass is 227 g/mol. The summed E-state index contributed by atoms with van der Waals surface area (Å²) in [5.41, 5.74) is -0.968. The van der Waals surface area contributed by atoms with Crippen LogP contribution in [-0.2, 0) is 9.53 Å². The Morgan fingerprint density at radius 3 is 2.25 bits per heavy atom. The molecule has 0 N–H and O–H groups in total. The first-order chi connectivity index (χ1) is 7.20. The van der Waals surface area contributed by atoms with E-state index in [2.05, 4.69) is 18.9 Å². The van der Waals surface area contributed by atoms with E-state index >= 15 is 0 Å². The fourth-order valence-electron chi connectivity index (χ4n) is 2.60. The van der Waals surface area contributed by atoms with Gasteiger partial charge in [-0.3, -0.25) is 4.79 Å². The van der Waals surface area contributed by atoms with E-state index in [1.54, 1.807) is 0 Å². The van der Waals surface area contributed by atoms with Crippen LogP contribution >= 0.6 is 0 Å². The first-order valence-corrected chi connectivity index (χ1v) is 6.13. The predicted molar refractivity (Wildman–Crippen MR) is 65.5 cm³/mol. The molecular weight excluding hydrogens is 202 g/mol. The Morgan fingerprint density at radius 1 is 1.31 bits per heavy atom. The van der Waals surface area contributed by atoms with Crippen LogP contribution in [0.25, 0.3) is 0 Å². The normalized spacial score (nSPS) is 27.7. The molecule has 1 saturated heterocycles. The molecule has 0 bridgehead atoms. The molecular formula is C13H25NO2. The van der Waals surface area contributed by atoms with Gasteiger partial charge in [0.1, 0.15) is 5.60 Å². The predicted octanol–water partition coefficient (Wildman–Crippen LogP) is 2.10. The summed E-state index contributed by atoms with van der Waals surface area (Å²) in [7, 11) is 2.07. The number of carbonyl (C=O) groups excluding carboxylic acids is 1. The maximum atomic E-state index is 12.2. The molecule has 1 aliphatic heterocycles. The van der Waals surface area contributed by atoms with Crippen molar-refractivity contribution in [2.24, 2.45) is 5.92 Å². The second kappa shape index (κ2) is 4.46. The number of hydrogen-bond donors (Lipinski definition) is 0. The van der Waals surface area contributed by atoms with Gasteiger partial charge in [0.15, 0.2) is 5.78 Å². The summed E-state index contributed by atoms with van der Waals surface area (Å²) < 4.78 is 5.86. The van der Waals surface area contributed by atoms with Crippen molar-refractivity contribution in [1.82, 2.24) is 4.90 Å². The molecule has 0 radical (unpaired) electrons. The van der Waals surface area contributed by atoms with Crippen LogP contribution in [-0.4, -0.2) is 42.0 Å². The van der Waals surface area contributed by atoms with Crippen molar-refractivity contribution in [1.29, 1.82) is 0 Å². The molecule has 1 heterocycles. The zero-order valence-electron chi connectivity index (χ0n) is 11.5. The van der Waals surface area contributed by atoms with Crippen LogP contribution in [0.15, 0.2) is 0 Å². The third kappa shape index (κ3) is 2.64. The van der Waals surface area contributed by atoms with Gasteiger partial charge in [0.25, 0.3) is 0 Å². The Hall–Kier alpha value is -0.410. The Labute approximate surface area is 99.1 Å². The zero-order valence-corrected chi connectivity index (χ0v) is 11.5. The number of carbonyl (C=O) groups is 1. The van der Waals surface area contributed by atoms with Gasteiger partial charge in [0, 0.05) is 6.54 Å². The highest BCUT2D eigenvalue weighted by Crippen LogP contribution is 2.39. The van der Waals surface area contributed by atoms with E-state index in [1.165, 1.54) is 0 Å². The highest BCUT2D eigenvalue weighted by Gasteiger charge is 2.53. The van der Waals surface area contributed by atoms with Crippen LogP contribution in [0.5, 0.6) is 0 Å². The summed E-state index contributed by atoms with van der Waals surface area (Å²) in [6.07, 6.45) is 1.11. The summed E-state index contributed by atoms with van der Waals surface area (Å²) >= 11 is 0. The van der Waals surface area contributed by atoms with Crippen LogP contribution in [0.4, 0.5) is 0 Å². The molecule has 1 atom stereocenters. The fraction of sp³-hybridized carbons (Fsp3) is 0.923. The Balaban J connectivity index is 2.75. The third-order valence-corrected chi connectivity index (χ3v) is 3.37. The molecule has 16 heavy (non-hydrogen) atoms. The molecule has 94 valence electrons. The molecule has 0 aromatic carbocycles. The number of Topliss-reactive ketones (excluding diaryl/α,β-unsaturated/α-hetero) is 1. The van der Waals surface area contributed by atoms with E-state index in [0.29, 0.717) is 0 Å². The van der Waals surface area contributed by atoms with Gasteiger partial charge < -0.3 is 9.64 Å². The zero-order chi connectivity index (χ0) is 12.6. The number of rotatable bonds is 4. The number of ether oxygens (including phenoxy) is 1. The van der Waals surface area contributed by atoms with Crippen LogP contribution < -0.4 is 0 Å². The van der Waals surface area contributed by atoms with Gasteiger partial charge in [-0.2, -0.15) is 0 Å². The smallest absolute Gasteiger partial charge is 0.171 e. The van der Waals surface area contributed by atoms with Gasteiger partial charge in [-0.25, -0.2) is 0 Å². The average Bonchev–Trinajstić information content (AvgIpc) is 2.24. The molecule has 1 aliphatic rings. The van der Waals surface area contributed by atoms with Gasteiger partial charge in [-0.15, -0.1) is 0 Å². The first kappa shape index (κ1) is 13.7. The van der Waals surface area contributed by atoms with E-state index in [9.17, 15) is 4.79 Å². The van der Waals surface area contributed by atoms with E-state index in [1.807, 2.05) is 27.7 Å². The van der Waals surface area contributed by atoms with Gasteiger partial charge in [-0.1, -0.05) is 6.92 Å². The minimum Gasteiger partial charge on any atom is -0.361 e. The van der Waals surface area contributed by atoms with Crippen molar-refractivity contribution >= 4 is 5.78 Å². The van der Waals surface area contributed by atoms with Gasteiger partial charge in [0.05, 0.1) is 11.5 Å². The lowest BCUT2D eigenvalue weighted by molar-refractivity contribution is -0.132. The largest absolute Gasteiger partial charge is 0.361 e. The molecule has 0 amide bonds. The average molecular weight is 227 g/mol. The maximum Gasteiger partial charge on any atom is 0.171 e. The van der Waals surface area contributed by atoms with Crippen molar-refractivity contribution in [2.45, 2.75) is 52.2 Å². The SMILES string of the molecule is CCCN(C)CC1C(=O)C(C)(C)OC1(C)C. The highest BCUT2D eigenvalue weighted by molar-refractivity contribution is 5.91. The number of nitrogens with zero attached hydrogens (tertiary/aromatic N) is 1. The molecule has 0 aliphatic carbocycles. The van der Waals surface area contributed by atoms with E-state index in [-0.39, 0.29) is 17.3 Å². The summed E-state index contributed by atoms with van der Waals surface area (Å²) in [4.78, 5) is 14.4. The molecule has 1 rings (SSSR count). The molecule has 1 unspecified atom stereocenters. The topological polar surface area (TPSA) is 29.5 Å². The van der Waals surface area contributed by atoms with Gasteiger partial charge in [-0.05, 0) is 47.7 Å². The standard InChI is InChI=1S/C13H25NO2/c1-7-8-14(6)9-10-11(15)13(4,5)16-12(10,2)3/h10H,7-9H2,1-6H3. The van der Waals surface area contributed by atoms with Crippen LogP contribution in [0.3, 0.4) is 0 Å². The Morgan fingerprint density at radius 2 is 1.88 bits per heavy atom. The number of ketones is 1. The van der Waals surface area contributed by atoms with E-state index < -0.39 is 5.60 Å². The minimum absolute atomic E-state index is 0.0148. The lowest BCUT2D eigenvalue weighted by atomic mass is 9.85. The molecule has 0 aromatic heterocycles. The summed E-state index contributed by atoms with van der Waals surface area (Å²) in [6, 6.07) is 0. The second-order valence-electron chi connectivity index (χ2n) is 5.89. The van der Waals surface area contributed by atoms with Gasteiger partial charge >= 0.3 is 0 Å². The van der Waals surface area contributed by atoms with Crippen LogP contribution in [0.2, 0.25) is 0 Å². The highest BCUT2D eigenvalue weighted by atomic mass is 16.5. The molecule has 0 aromatic rings. The minimum atomic E-state index is -0.624. The van der Waals surface area contributed by atoms with Crippen molar-refractivity contribution < 1.29 is 9.53 Å². The molecule has 3 nitrogen and oxygen atoms in total. The molecule has 1 fully saturated rings. The second-order valence-corrected chi connectivity index (χ2v) is 5.89. The van der Waals surface area contributed by atoms with E-state index in [0.717, 1.165) is 19.5 Å². The van der Waals surface area contributed by atoms with Crippen molar-refractivity contribution in [3.8, 4) is 0 Å². The quantitative estimate of drug-likeness (QED) is 0.736. The molecule has 3 heteroatoms. The third-order valence-electron chi connectivity index (χ3n) is 3.37. The summed E-state index contributed by atoms with van der Waals surface area (Å²) in [5.74, 6) is 0.222. The van der Waals surface area contributed by atoms with Crippen molar-refractivity contribution in [2.75, 3.05) is 20.1 Å². The number of hydrogen-bond acceptors (Lipinski definition) is 3. The fourth-order valence-corrected chi connectivity index (χ4v) is 2.60. The lowest BCUT2D eigenvalue weighted by Crippen LogP contribution is -2.39. The molecule has 0 spiro atoms. The Bertz CT molecular complexity index is 271. The first-order valence-electron chi connectivity index (χ1n) is 6.13. The Kier molecular flexibility index (Phi) is 3.80.